The minimum atomic E-state index is -0.377. The third kappa shape index (κ3) is 4.89. The highest BCUT2D eigenvalue weighted by Crippen LogP contribution is 2.31. The Morgan fingerprint density at radius 2 is 1.68 bits per heavy atom. The second-order valence-corrected chi connectivity index (χ2v) is 5.63. The first-order valence-corrected chi connectivity index (χ1v) is 8.55. The number of ether oxygens (including phenoxy) is 2. The third-order valence-corrected chi connectivity index (χ3v) is 3.77. The lowest BCUT2D eigenvalue weighted by Crippen LogP contribution is -2.39. The zero-order valence-electron chi connectivity index (χ0n) is 15.3. The molecule has 2 rings (SSSR count). The maximum absolute atomic E-state index is 12.6. The van der Waals surface area contributed by atoms with Crippen LogP contribution in [0.3, 0.4) is 0 Å². The Morgan fingerprint density at radius 3 is 2.32 bits per heavy atom. The number of benzene rings is 2. The zero-order valence-corrected chi connectivity index (χ0v) is 15.3. The van der Waals surface area contributed by atoms with Crippen LogP contribution < -0.4 is 19.7 Å². The Labute approximate surface area is 149 Å². The van der Waals surface area contributed by atoms with Gasteiger partial charge in [0.2, 0.25) is 5.91 Å². The maximum Gasteiger partial charge on any atom is 0.248 e. The SMILES string of the molecule is CCOc1ccc(N[C@H](C)C(=O)N(C)c2ccccc2)cc1OCC. The van der Waals surface area contributed by atoms with Crippen molar-refractivity contribution in [3.05, 3.63) is 48.5 Å². The van der Waals surface area contributed by atoms with E-state index >= 15 is 0 Å². The summed E-state index contributed by atoms with van der Waals surface area (Å²) < 4.78 is 11.2. The minimum absolute atomic E-state index is 0.0157. The number of likely N-dealkylation sites (N-methyl/N-ethyl adjacent to an activating group) is 1. The summed E-state index contributed by atoms with van der Waals surface area (Å²) in [6.07, 6.45) is 0. The Balaban J connectivity index is 2.10. The van der Waals surface area contributed by atoms with Crippen molar-refractivity contribution in [3.8, 4) is 11.5 Å². The fourth-order valence-corrected chi connectivity index (χ4v) is 2.52. The van der Waals surface area contributed by atoms with Gasteiger partial charge in [0.05, 0.1) is 13.2 Å². The molecule has 0 aliphatic rings. The molecule has 0 aliphatic carbocycles. The van der Waals surface area contributed by atoms with Crippen LogP contribution in [0.1, 0.15) is 20.8 Å². The molecule has 0 heterocycles. The summed E-state index contributed by atoms with van der Waals surface area (Å²) in [5.74, 6) is 1.36. The molecule has 2 aromatic rings. The molecule has 0 aliphatic heterocycles. The van der Waals surface area contributed by atoms with Crippen molar-refractivity contribution in [2.45, 2.75) is 26.8 Å². The summed E-state index contributed by atoms with van der Waals surface area (Å²) in [6.45, 7) is 6.83. The van der Waals surface area contributed by atoms with Gasteiger partial charge in [-0.15, -0.1) is 0 Å². The van der Waals surface area contributed by atoms with Crippen molar-refractivity contribution in [1.29, 1.82) is 0 Å². The van der Waals surface area contributed by atoms with E-state index in [4.69, 9.17) is 9.47 Å². The van der Waals surface area contributed by atoms with Crippen LogP contribution in [0.2, 0.25) is 0 Å². The number of rotatable bonds is 8. The van der Waals surface area contributed by atoms with E-state index in [0.717, 1.165) is 11.4 Å². The number of carbonyl (C=O) groups is 1. The van der Waals surface area contributed by atoms with Crippen molar-refractivity contribution in [3.63, 3.8) is 0 Å². The number of hydrogen-bond acceptors (Lipinski definition) is 4. The normalized spacial score (nSPS) is 11.5. The predicted molar refractivity (Wildman–Crippen MR) is 102 cm³/mol. The van der Waals surface area contributed by atoms with Crippen LogP contribution in [0, 0.1) is 0 Å². The average molecular weight is 342 g/mol. The van der Waals surface area contributed by atoms with Crippen LogP contribution in [-0.2, 0) is 4.79 Å². The van der Waals surface area contributed by atoms with Gasteiger partial charge in [-0.2, -0.15) is 0 Å². The molecule has 0 saturated carbocycles. The number of nitrogens with zero attached hydrogens (tertiary/aromatic N) is 1. The lowest BCUT2D eigenvalue weighted by atomic mass is 10.2. The Morgan fingerprint density at radius 1 is 1.04 bits per heavy atom. The van der Waals surface area contributed by atoms with Gasteiger partial charge in [-0.1, -0.05) is 18.2 Å². The third-order valence-electron chi connectivity index (χ3n) is 3.77. The highest BCUT2D eigenvalue weighted by Gasteiger charge is 2.19. The van der Waals surface area contributed by atoms with Gasteiger partial charge in [0.25, 0.3) is 0 Å². The summed E-state index contributed by atoms with van der Waals surface area (Å²) in [7, 11) is 1.78. The Bertz CT molecular complexity index is 689. The molecular weight excluding hydrogens is 316 g/mol. The van der Waals surface area contributed by atoms with E-state index in [1.165, 1.54) is 0 Å². The molecule has 0 spiro atoms. The van der Waals surface area contributed by atoms with E-state index in [1.807, 2.05) is 69.3 Å². The zero-order chi connectivity index (χ0) is 18.2. The van der Waals surface area contributed by atoms with Crippen molar-refractivity contribution in [1.82, 2.24) is 0 Å². The van der Waals surface area contributed by atoms with Gasteiger partial charge in [0.1, 0.15) is 6.04 Å². The Hall–Kier alpha value is -2.69. The van der Waals surface area contributed by atoms with Gasteiger partial charge >= 0.3 is 0 Å². The molecule has 0 radical (unpaired) electrons. The minimum Gasteiger partial charge on any atom is -0.490 e. The molecule has 0 fully saturated rings. The Kier molecular flexibility index (Phi) is 6.69. The molecule has 134 valence electrons. The van der Waals surface area contributed by atoms with Crippen molar-refractivity contribution >= 4 is 17.3 Å². The first-order chi connectivity index (χ1) is 12.1. The molecule has 5 heteroatoms. The second-order valence-electron chi connectivity index (χ2n) is 5.63. The average Bonchev–Trinajstić information content (AvgIpc) is 2.63. The van der Waals surface area contributed by atoms with Gasteiger partial charge in [-0.25, -0.2) is 0 Å². The topological polar surface area (TPSA) is 50.8 Å². The molecule has 2 aromatic carbocycles. The number of carbonyl (C=O) groups excluding carboxylic acids is 1. The van der Waals surface area contributed by atoms with Gasteiger partial charge in [0, 0.05) is 24.5 Å². The van der Waals surface area contributed by atoms with Gasteiger partial charge in [0.15, 0.2) is 11.5 Å². The lowest BCUT2D eigenvalue weighted by Gasteiger charge is -2.23. The van der Waals surface area contributed by atoms with Gasteiger partial charge in [-0.3, -0.25) is 4.79 Å². The van der Waals surface area contributed by atoms with Crippen molar-refractivity contribution < 1.29 is 14.3 Å². The van der Waals surface area contributed by atoms with E-state index in [2.05, 4.69) is 5.32 Å². The van der Waals surface area contributed by atoms with Gasteiger partial charge < -0.3 is 19.7 Å². The summed E-state index contributed by atoms with van der Waals surface area (Å²) >= 11 is 0. The van der Waals surface area contributed by atoms with E-state index in [9.17, 15) is 4.79 Å². The quantitative estimate of drug-likeness (QED) is 0.789. The maximum atomic E-state index is 12.6. The molecule has 0 saturated heterocycles. The molecule has 25 heavy (non-hydrogen) atoms. The molecule has 0 bridgehead atoms. The predicted octanol–water partition coefficient (Wildman–Crippen LogP) is 3.95. The van der Waals surface area contributed by atoms with Crippen LogP contribution in [0.4, 0.5) is 11.4 Å². The number of nitrogens with one attached hydrogen (secondary N) is 1. The molecule has 1 N–H and O–H groups in total. The van der Waals surface area contributed by atoms with Crippen LogP contribution in [0.15, 0.2) is 48.5 Å². The fourth-order valence-electron chi connectivity index (χ4n) is 2.52. The van der Waals surface area contributed by atoms with E-state index in [1.54, 1.807) is 11.9 Å². The van der Waals surface area contributed by atoms with Crippen LogP contribution in [-0.4, -0.2) is 32.2 Å². The molecule has 0 aromatic heterocycles. The molecule has 1 atom stereocenters. The highest BCUT2D eigenvalue weighted by molar-refractivity contribution is 5.98. The van der Waals surface area contributed by atoms with Crippen molar-refractivity contribution in [2.24, 2.45) is 0 Å². The smallest absolute Gasteiger partial charge is 0.248 e. The summed E-state index contributed by atoms with van der Waals surface area (Å²) in [5.41, 5.74) is 1.68. The summed E-state index contributed by atoms with van der Waals surface area (Å²) in [4.78, 5) is 14.3. The summed E-state index contributed by atoms with van der Waals surface area (Å²) in [5, 5.41) is 3.23. The lowest BCUT2D eigenvalue weighted by molar-refractivity contribution is -0.118. The number of amides is 1. The standard InChI is InChI=1S/C20H26N2O3/c1-5-24-18-13-12-16(14-19(18)25-6-2)21-15(3)20(23)22(4)17-10-8-7-9-11-17/h7-15,21H,5-6H2,1-4H3/t15-/m1/s1. The fraction of sp³-hybridized carbons (Fsp3) is 0.350. The summed E-state index contributed by atoms with van der Waals surface area (Å²) in [6, 6.07) is 14.8. The van der Waals surface area contributed by atoms with E-state index in [0.29, 0.717) is 24.7 Å². The number of anilines is 2. The number of para-hydroxylation sites is 1. The molecule has 0 unspecified atom stereocenters. The van der Waals surface area contributed by atoms with Crippen LogP contribution >= 0.6 is 0 Å². The molecular formula is C20H26N2O3. The second kappa shape index (κ2) is 8.97. The highest BCUT2D eigenvalue weighted by atomic mass is 16.5. The molecule has 1 amide bonds. The van der Waals surface area contributed by atoms with Crippen LogP contribution in [0.25, 0.3) is 0 Å². The number of hydrogen-bond donors (Lipinski definition) is 1. The van der Waals surface area contributed by atoms with Crippen LogP contribution in [0.5, 0.6) is 11.5 Å². The monoisotopic (exact) mass is 342 g/mol. The van der Waals surface area contributed by atoms with Crippen molar-refractivity contribution in [2.75, 3.05) is 30.5 Å². The van der Waals surface area contributed by atoms with E-state index < -0.39 is 0 Å². The molecule has 5 nitrogen and oxygen atoms in total. The van der Waals surface area contributed by atoms with E-state index in [-0.39, 0.29) is 11.9 Å². The largest absolute Gasteiger partial charge is 0.490 e. The van der Waals surface area contributed by atoms with Gasteiger partial charge in [-0.05, 0) is 45.0 Å². The first kappa shape index (κ1) is 18.6. The first-order valence-electron chi connectivity index (χ1n) is 8.55.